The summed E-state index contributed by atoms with van der Waals surface area (Å²) in [4.78, 5) is 6.84. The predicted octanol–water partition coefficient (Wildman–Crippen LogP) is 6.11. The molecule has 33 heavy (non-hydrogen) atoms. The Bertz CT molecular complexity index is 1170. The summed E-state index contributed by atoms with van der Waals surface area (Å²) in [6, 6.07) is 15.1. The van der Waals surface area contributed by atoms with Crippen LogP contribution in [-0.2, 0) is 0 Å². The Morgan fingerprint density at radius 3 is 2.64 bits per heavy atom. The summed E-state index contributed by atoms with van der Waals surface area (Å²) in [6.07, 6.45) is 0. The lowest BCUT2D eigenvalue weighted by molar-refractivity contribution is 0.340. The number of halogens is 1. The van der Waals surface area contributed by atoms with Gasteiger partial charge in [-0.05, 0) is 73.9 Å². The molecule has 1 aliphatic rings. The maximum Gasteiger partial charge on any atom is 0.258 e. The molecule has 0 saturated carbocycles. The van der Waals surface area contributed by atoms with E-state index in [0.29, 0.717) is 34.4 Å². The molecule has 1 aromatic heterocycles. The molecule has 1 unspecified atom stereocenters. The lowest BCUT2D eigenvalue weighted by atomic mass is 9.94. The second kappa shape index (κ2) is 9.93. The van der Waals surface area contributed by atoms with Gasteiger partial charge in [0.2, 0.25) is 5.82 Å². The molecule has 3 aromatic rings. The van der Waals surface area contributed by atoms with E-state index in [1.807, 2.05) is 62.4 Å². The van der Waals surface area contributed by atoms with E-state index in [9.17, 15) is 0 Å². The first kappa shape index (κ1) is 23.3. The van der Waals surface area contributed by atoms with Crippen LogP contribution in [0.15, 0.2) is 58.8 Å². The number of hydrogen-bond acceptors (Lipinski definition) is 5. The second-order valence-electron chi connectivity index (χ2n) is 8.32. The molecule has 1 atom stereocenters. The highest BCUT2D eigenvalue weighted by Gasteiger charge is 2.34. The van der Waals surface area contributed by atoms with Crippen LogP contribution >= 0.6 is 23.8 Å². The molecule has 2 heterocycles. The van der Waals surface area contributed by atoms with Crippen molar-refractivity contribution in [1.29, 1.82) is 0 Å². The number of benzene rings is 2. The largest absolute Gasteiger partial charge is 0.494 e. The van der Waals surface area contributed by atoms with Crippen LogP contribution in [-0.4, -0.2) is 33.3 Å². The molecule has 2 aromatic carbocycles. The Hall–Kier alpha value is -2.90. The Balaban J connectivity index is 1.76. The van der Waals surface area contributed by atoms with Crippen LogP contribution in [0.3, 0.4) is 0 Å². The van der Waals surface area contributed by atoms with Gasteiger partial charge < -0.3 is 19.5 Å². The molecule has 0 aliphatic carbocycles. The van der Waals surface area contributed by atoms with Gasteiger partial charge in [0.05, 0.1) is 18.2 Å². The van der Waals surface area contributed by atoms with Gasteiger partial charge in [0.15, 0.2) is 5.11 Å². The molecule has 0 bridgehead atoms. The van der Waals surface area contributed by atoms with Gasteiger partial charge >= 0.3 is 0 Å². The van der Waals surface area contributed by atoms with Crippen molar-refractivity contribution >= 4 is 34.5 Å². The molecule has 4 rings (SSSR count). The maximum atomic E-state index is 6.30. The summed E-state index contributed by atoms with van der Waals surface area (Å²) in [5.74, 6) is 2.19. The molecule has 1 N–H and O–H groups in total. The average molecular weight is 483 g/mol. The average Bonchev–Trinajstić information content (AvgIpc) is 3.26. The Morgan fingerprint density at radius 2 is 1.97 bits per heavy atom. The summed E-state index contributed by atoms with van der Waals surface area (Å²) in [5.41, 5.74) is 3.70. The lowest BCUT2D eigenvalue weighted by Crippen LogP contribution is -2.47. The van der Waals surface area contributed by atoms with Crippen LogP contribution in [0.25, 0.3) is 17.0 Å². The van der Waals surface area contributed by atoms with Crippen LogP contribution in [0.2, 0.25) is 5.02 Å². The number of nitrogens with one attached hydrogen (secondary N) is 1. The number of allylic oxidation sites excluding steroid dienone is 1. The molecule has 172 valence electrons. The fourth-order valence-corrected chi connectivity index (χ4v) is 4.42. The van der Waals surface area contributed by atoms with E-state index in [1.165, 1.54) is 0 Å². The van der Waals surface area contributed by atoms with Gasteiger partial charge in [-0.2, -0.15) is 4.98 Å². The third kappa shape index (κ3) is 5.04. The van der Waals surface area contributed by atoms with Crippen LogP contribution < -0.4 is 10.1 Å². The van der Waals surface area contributed by atoms with Gasteiger partial charge in [-0.15, -0.1) is 0 Å². The van der Waals surface area contributed by atoms with Crippen molar-refractivity contribution in [3.8, 4) is 17.1 Å². The standard InChI is InChI=1S/C25H27ClN4O2S/c1-5-31-20-11-9-17(10-12-20)23-28-24(32-29-23)21-16(4)30(14-15(2)3)25(33)27-22(21)18-7-6-8-19(26)13-18/h6-13,15,22H,5,14H2,1-4H3,(H,27,33). The third-order valence-electron chi connectivity index (χ3n) is 5.41. The quantitative estimate of drug-likeness (QED) is 0.408. The van der Waals surface area contributed by atoms with Crippen LogP contribution in [0, 0.1) is 5.92 Å². The first-order valence-corrected chi connectivity index (χ1v) is 11.8. The number of nitrogens with zero attached hydrogens (tertiary/aromatic N) is 3. The maximum absolute atomic E-state index is 6.30. The summed E-state index contributed by atoms with van der Waals surface area (Å²) in [7, 11) is 0. The van der Waals surface area contributed by atoms with Crippen LogP contribution in [0.1, 0.15) is 45.2 Å². The van der Waals surface area contributed by atoms with Crippen molar-refractivity contribution in [3.05, 3.63) is 70.7 Å². The Morgan fingerprint density at radius 1 is 1.21 bits per heavy atom. The van der Waals surface area contributed by atoms with Crippen molar-refractivity contribution < 1.29 is 9.26 Å². The van der Waals surface area contributed by atoms with Crippen molar-refractivity contribution in [3.63, 3.8) is 0 Å². The monoisotopic (exact) mass is 482 g/mol. The smallest absolute Gasteiger partial charge is 0.258 e. The molecule has 0 saturated heterocycles. The molecule has 0 radical (unpaired) electrons. The molecule has 6 nitrogen and oxygen atoms in total. The van der Waals surface area contributed by atoms with Crippen molar-refractivity contribution in [2.75, 3.05) is 13.2 Å². The first-order chi connectivity index (χ1) is 15.9. The number of hydrogen-bond donors (Lipinski definition) is 1. The normalized spacial score (nSPS) is 16.4. The van der Waals surface area contributed by atoms with E-state index >= 15 is 0 Å². The number of aromatic nitrogens is 2. The Kier molecular flexibility index (Phi) is 7.00. The third-order valence-corrected chi connectivity index (χ3v) is 5.98. The minimum absolute atomic E-state index is 0.256. The summed E-state index contributed by atoms with van der Waals surface area (Å²) in [6.45, 7) is 9.72. The molecule has 0 fully saturated rings. The first-order valence-electron chi connectivity index (χ1n) is 11.0. The van der Waals surface area contributed by atoms with Crippen molar-refractivity contribution in [2.24, 2.45) is 5.92 Å². The van der Waals surface area contributed by atoms with Gasteiger partial charge in [0, 0.05) is 22.8 Å². The topological polar surface area (TPSA) is 63.4 Å². The van der Waals surface area contributed by atoms with Gasteiger partial charge in [-0.25, -0.2) is 0 Å². The SMILES string of the molecule is CCOc1ccc(-c2noc(C3=C(C)N(CC(C)C)C(=S)NC3c3cccc(Cl)c3)n2)cc1. The molecular weight excluding hydrogens is 456 g/mol. The van der Waals surface area contributed by atoms with Gasteiger partial charge in [-0.3, -0.25) is 0 Å². The summed E-state index contributed by atoms with van der Waals surface area (Å²) in [5, 5.41) is 9.04. The highest BCUT2D eigenvalue weighted by Crippen LogP contribution is 2.38. The molecular formula is C25H27ClN4O2S. The highest BCUT2D eigenvalue weighted by atomic mass is 35.5. The Labute approximate surface area is 204 Å². The number of rotatable bonds is 7. The lowest BCUT2D eigenvalue weighted by Gasteiger charge is -2.38. The van der Waals surface area contributed by atoms with E-state index < -0.39 is 0 Å². The predicted molar refractivity (Wildman–Crippen MR) is 135 cm³/mol. The minimum Gasteiger partial charge on any atom is -0.494 e. The van der Waals surface area contributed by atoms with Gasteiger partial charge in [-0.1, -0.05) is 42.7 Å². The minimum atomic E-state index is -0.256. The molecule has 8 heteroatoms. The van der Waals surface area contributed by atoms with Crippen LogP contribution in [0.5, 0.6) is 5.75 Å². The molecule has 1 aliphatic heterocycles. The van der Waals surface area contributed by atoms with E-state index in [1.54, 1.807) is 0 Å². The van der Waals surface area contributed by atoms with E-state index in [2.05, 4.69) is 29.2 Å². The second-order valence-corrected chi connectivity index (χ2v) is 9.14. The summed E-state index contributed by atoms with van der Waals surface area (Å²) >= 11 is 12.0. The van der Waals surface area contributed by atoms with Crippen molar-refractivity contribution in [2.45, 2.75) is 33.7 Å². The van der Waals surface area contributed by atoms with E-state index in [4.69, 9.17) is 38.1 Å². The van der Waals surface area contributed by atoms with Gasteiger partial charge in [0.1, 0.15) is 5.75 Å². The fraction of sp³-hybridized carbons (Fsp3) is 0.320. The number of thiocarbonyl (C=S) groups is 1. The number of ether oxygens (including phenoxy) is 1. The highest BCUT2D eigenvalue weighted by molar-refractivity contribution is 7.80. The zero-order chi connectivity index (χ0) is 23.5. The van der Waals surface area contributed by atoms with Crippen molar-refractivity contribution in [1.82, 2.24) is 20.4 Å². The molecule has 0 spiro atoms. The summed E-state index contributed by atoms with van der Waals surface area (Å²) < 4.78 is 11.3. The zero-order valence-corrected chi connectivity index (χ0v) is 20.7. The van der Waals surface area contributed by atoms with Gasteiger partial charge in [0.25, 0.3) is 5.89 Å². The fourth-order valence-electron chi connectivity index (χ4n) is 3.90. The van der Waals surface area contributed by atoms with E-state index in [0.717, 1.165) is 34.7 Å². The zero-order valence-electron chi connectivity index (χ0n) is 19.1. The van der Waals surface area contributed by atoms with E-state index in [-0.39, 0.29) is 6.04 Å². The van der Waals surface area contributed by atoms with Crippen LogP contribution in [0.4, 0.5) is 0 Å². The molecule has 0 amide bonds.